The summed E-state index contributed by atoms with van der Waals surface area (Å²) in [5.74, 6) is 5.80. The molecule has 4 N–H and O–H groups in total. The van der Waals surface area contributed by atoms with Crippen molar-refractivity contribution in [3.8, 4) is 5.75 Å². The normalized spacial score (nSPS) is 11.9. The molecule has 43 heavy (non-hydrogen) atoms. The van der Waals surface area contributed by atoms with Crippen molar-refractivity contribution in [2.24, 2.45) is 16.8 Å². The van der Waals surface area contributed by atoms with Crippen LogP contribution in [-0.4, -0.2) is 54.2 Å². The molecule has 0 fully saturated rings. The van der Waals surface area contributed by atoms with Crippen molar-refractivity contribution >= 4 is 41.0 Å². The summed E-state index contributed by atoms with van der Waals surface area (Å²) >= 11 is 1.48. The van der Waals surface area contributed by atoms with E-state index in [2.05, 4.69) is 22.2 Å². The second kappa shape index (κ2) is 18.6. The highest BCUT2D eigenvalue weighted by atomic mass is 32.2. The summed E-state index contributed by atoms with van der Waals surface area (Å²) in [6, 6.07) is 14.0. The summed E-state index contributed by atoms with van der Waals surface area (Å²) in [5, 5.41) is 5.45. The minimum Gasteiger partial charge on any atom is -0.493 e. The molecule has 0 bridgehead atoms. The molecule has 2 rings (SSSR count). The van der Waals surface area contributed by atoms with Crippen molar-refractivity contribution in [3.05, 3.63) is 77.5 Å². The Morgan fingerprint density at radius 2 is 1.79 bits per heavy atom. The largest absolute Gasteiger partial charge is 0.493 e. The van der Waals surface area contributed by atoms with E-state index in [1.54, 1.807) is 25.1 Å². The van der Waals surface area contributed by atoms with Gasteiger partial charge in [0.25, 0.3) is 0 Å². The Morgan fingerprint density at radius 3 is 2.42 bits per heavy atom. The summed E-state index contributed by atoms with van der Waals surface area (Å²) in [7, 11) is 0. The minimum absolute atomic E-state index is 0.0601. The second-order valence-electron chi connectivity index (χ2n) is 10.4. The van der Waals surface area contributed by atoms with Gasteiger partial charge in [-0.2, -0.15) is 5.90 Å². The van der Waals surface area contributed by atoms with Crippen molar-refractivity contribution in [3.63, 3.8) is 0 Å². The average molecular weight is 611 g/mol. The van der Waals surface area contributed by atoms with Crippen molar-refractivity contribution in [2.45, 2.75) is 58.8 Å². The lowest BCUT2D eigenvalue weighted by Crippen LogP contribution is -2.51. The second-order valence-corrected chi connectivity index (χ2v) is 11.4. The van der Waals surface area contributed by atoms with E-state index in [0.717, 1.165) is 5.56 Å². The molecular weight excluding hydrogens is 568 g/mol. The first-order valence-corrected chi connectivity index (χ1v) is 15.2. The van der Waals surface area contributed by atoms with Gasteiger partial charge in [-0.25, -0.2) is 4.99 Å². The highest BCUT2D eigenvalue weighted by Crippen LogP contribution is 2.23. The molecule has 0 saturated heterocycles. The quantitative estimate of drug-likeness (QED) is 0.0996. The van der Waals surface area contributed by atoms with Crippen LogP contribution in [0.3, 0.4) is 0 Å². The fourth-order valence-electron chi connectivity index (χ4n) is 3.96. The fourth-order valence-corrected chi connectivity index (χ4v) is 4.82. The molecule has 2 aromatic carbocycles. The number of carbonyl (C=O) groups is 4. The average Bonchev–Trinajstić information content (AvgIpc) is 2.96. The third-order valence-electron chi connectivity index (χ3n) is 6.09. The van der Waals surface area contributed by atoms with E-state index in [1.165, 1.54) is 18.7 Å². The monoisotopic (exact) mass is 610 g/mol. The van der Waals surface area contributed by atoms with Crippen molar-refractivity contribution in [1.82, 2.24) is 10.6 Å². The fraction of sp³-hybridized carbons (Fsp3) is 0.406. The lowest BCUT2D eigenvalue weighted by Gasteiger charge is -2.22. The van der Waals surface area contributed by atoms with Crippen molar-refractivity contribution < 1.29 is 28.8 Å². The van der Waals surface area contributed by atoms with Crippen LogP contribution < -0.4 is 21.3 Å². The predicted octanol–water partition coefficient (Wildman–Crippen LogP) is 3.91. The predicted molar refractivity (Wildman–Crippen MR) is 170 cm³/mol. The zero-order valence-electron chi connectivity index (χ0n) is 25.3. The van der Waals surface area contributed by atoms with Crippen LogP contribution in [-0.2, 0) is 36.2 Å². The van der Waals surface area contributed by atoms with Gasteiger partial charge < -0.3 is 25.0 Å². The van der Waals surface area contributed by atoms with Crippen LogP contribution in [0.4, 0.5) is 0 Å². The van der Waals surface area contributed by atoms with Gasteiger partial charge in [0.2, 0.25) is 17.7 Å². The van der Waals surface area contributed by atoms with Gasteiger partial charge in [-0.05, 0) is 49.9 Å². The number of hydrogen-bond acceptors (Lipinski definition) is 9. The number of ketones is 2. The van der Waals surface area contributed by atoms with Crippen LogP contribution >= 0.6 is 11.8 Å². The van der Waals surface area contributed by atoms with E-state index < -0.39 is 17.9 Å². The summed E-state index contributed by atoms with van der Waals surface area (Å²) in [6.07, 6.45) is 0.784. The zero-order chi connectivity index (χ0) is 31.8. The molecule has 2 aromatic rings. The Hall–Kier alpha value is -3.96. The SMILES string of the molecule is C=C(C)N=C(ON)c1ccc(OCCCC(C)=O)c(CC(=O)N[C@H](C(=O)NCC(=O)CSCc2ccccc2)C(C)C)c1. The number of nitrogens with zero attached hydrogens (tertiary/aromatic N) is 1. The lowest BCUT2D eigenvalue weighted by molar-refractivity contribution is -0.130. The number of ether oxygens (including phenoxy) is 1. The summed E-state index contributed by atoms with van der Waals surface area (Å²) < 4.78 is 5.88. The number of rotatable bonds is 18. The number of nitrogens with one attached hydrogen (secondary N) is 2. The number of benzene rings is 2. The van der Waals surface area contributed by atoms with Gasteiger partial charge >= 0.3 is 0 Å². The molecule has 0 unspecified atom stereocenters. The number of hydrogen-bond donors (Lipinski definition) is 3. The maximum Gasteiger partial charge on any atom is 0.244 e. The first-order valence-electron chi connectivity index (χ1n) is 14.1. The number of carbonyl (C=O) groups excluding carboxylic acids is 4. The zero-order valence-corrected chi connectivity index (χ0v) is 26.1. The molecule has 0 spiro atoms. The first-order chi connectivity index (χ1) is 20.5. The summed E-state index contributed by atoms with van der Waals surface area (Å²) in [6.45, 7) is 10.7. The number of amides is 2. The van der Waals surface area contributed by atoms with Crippen LogP contribution in [0.5, 0.6) is 5.75 Å². The summed E-state index contributed by atoms with van der Waals surface area (Å²) in [4.78, 5) is 58.9. The van der Waals surface area contributed by atoms with Gasteiger partial charge in [0.15, 0.2) is 5.78 Å². The third kappa shape index (κ3) is 13.3. The Labute approximate surface area is 257 Å². The van der Waals surface area contributed by atoms with Gasteiger partial charge in [-0.1, -0.05) is 50.8 Å². The van der Waals surface area contributed by atoms with Gasteiger partial charge in [0.1, 0.15) is 17.6 Å². The number of thioether (sulfide) groups is 1. The smallest absolute Gasteiger partial charge is 0.244 e. The molecule has 0 aromatic heterocycles. The Morgan fingerprint density at radius 1 is 1.07 bits per heavy atom. The number of allylic oxidation sites excluding steroid dienone is 1. The third-order valence-corrected chi connectivity index (χ3v) is 7.16. The van der Waals surface area contributed by atoms with Crippen molar-refractivity contribution in [1.29, 1.82) is 0 Å². The molecule has 0 aliphatic carbocycles. The Balaban J connectivity index is 2.06. The van der Waals surface area contributed by atoms with E-state index in [4.69, 9.17) is 15.5 Å². The van der Waals surface area contributed by atoms with Crippen molar-refractivity contribution in [2.75, 3.05) is 18.9 Å². The number of Topliss-reactive ketones (excluding diaryl/α,β-unsaturated/α-hetero) is 2. The molecule has 0 aliphatic heterocycles. The topological polar surface area (TPSA) is 149 Å². The van der Waals surface area contributed by atoms with Crippen LogP contribution in [0.1, 0.15) is 57.2 Å². The van der Waals surface area contributed by atoms with E-state index >= 15 is 0 Å². The van der Waals surface area contributed by atoms with Gasteiger partial charge in [-0.15, -0.1) is 11.8 Å². The van der Waals surface area contributed by atoms with E-state index in [0.29, 0.717) is 41.2 Å². The highest BCUT2D eigenvalue weighted by Gasteiger charge is 2.25. The maximum absolute atomic E-state index is 13.2. The Kier molecular flexibility index (Phi) is 15.2. The number of aliphatic imine (C=N–C) groups is 1. The Bertz CT molecular complexity index is 1300. The lowest BCUT2D eigenvalue weighted by atomic mass is 10.0. The summed E-state index contributed by atoms with van der Waals surface area (Å²) in [5.41, 5.74) is 2.62. The molecule has 2 amide bonds. The minimum atomic E-state index is -0.853. The molecule has 0 aliphatic rings. The van der Waals surface area contributed by atoms with Gasteiger partial charge in [0.05, 0.1) is 25.3 Å². The maximum atomic E-state index is 13.2. The number of nitrogens with two attached hydrogens (primary N) is 1. The molecule has 0 radical (unpaired) electrons. The van der Waals surface area contributed by atoms with Gasteiger partial charge in [0, 0.05) is 29.0 Å². The van der Waals surface area contributed by atoms with E-state index in [-0.39, 0.29) is 48.7 Å². The van der Waals surface area contributed by atoms with Gasteiger partial charge in [-0.3, -0.25) is 14.4 Å². The van der Waals surface area contributed by atoms with E-state index in [9.17, 15) is 19.2 Å². The molecule has 1 atom stereocenters. The van der Waals surface area contributed by atoms with Crippen LogP contribution in [0.2, 0.25) is 0 Å². The standard InChI is InChI=1S/C32H42N4O6S/c1-21(2)30(31(40)34-18-27(38)20-43-19-24-11-7-6-8-12-24)36-29(39)17-26-16-25(32(42-33)35-22(3)4)13-14-28(26)41-15-9-10-23(5)37/h6-8,11-14,16,21,30H,3,9-10,15,17-20,33H2,1-2,4-5H3,(H,34,40)(H,36,39)/t30-/m0/s1. The molecular formula is C32H42N4O6S. The molecule has 10 nitrogen and oxygen atoms in total. The van der Waals surface area contributed by atoms with Crippen LogP contribution in [0, 0.1) is 5.92 Å². The molecule has 232 valence electrons. The highest BCUT2D eigenvalue weighted by molar-refractivity contribution is 7.99. The van der Waals surface area contributed by atoms with E-state index in [1.807, 2.05) is 44.2 Å². The molecule has 0 heterocycles. The molecule has 0 saturated carbocycles. The van der Waals surface area contributed by atoms with Crippen LogP contribution in [0.25, 0.3) is 0 Å². The van der Waals surface area contributed by atoms with Crippen LogP contribution in [0.15, 0.2) is 65.8 Å². The molecule has 11 heteroatoms. The first kappa shape index (κ1) is 35.2.